The van der Waals surface area contributed by atoms with Gasteiger partial charge in [-0.15, -0.1) is 11.8 Å². The summed E-state index contributed by atoms with van der Waals surface area (Å²) in [5, 5.41) is 27.7. The first-order valence-electron chi connectivity index (χ1n) is 15.9. The van der Waals surface area contributed by atoms with E-state index in [1.165, 1.54) is 22.9 Å². The summed E-state index contributed by atoms with van der Waals surface area (Å²) in [7, 11) is 0. The van der Waals surface area contributed by atoms with Gasteiger partial charge in [0.25, 0.3) is 0 Å². The van der Waals surface area contributed by atoms with Crippen molar-refractivity contribution in [3.05, 3.63) is 29.3 Å². The second-order valence-corrected chi connectivity index (χ2v) is 15.3. The Balaban J connectivity index is 1.18. The molecule has 4 unspecified atom stereocenters. The molecule has 1 aromatic carbocycles. The van der Waals surface area contributed by atoms with Crippen molar-refractivity contribution in [1.29, 1.82) is 0 Å². The van der Waals surface area contributed by atoms with E-state index in [-0.39, 0.29) is 43.0 Å². The molecule has 10 nitrogen and oxygen atoms in total. The van der Waals surface area contributed by atoms with Gasteiger partial charge in [0.2, 0.25) is 17.7 Å². The van der Waals surface area contributed by atoms with Gasteiger partial charge in [0.1, 0.15) is 12.3 Å². The quantitative estimate of drug-likeness (QED) is 0.174. The molecule has 7 atom stereocenters. The number of hydrogen-bond acceptors (Lipinski definition) is 8. The Morgan fingerprint density at radius 2 is 1.82 bits per heavy atom. The van der Waals surface area contributed by atoms with Gasteiger partial charge in [-0.05, 0) is 106 Å². The molecule has 2 fully saturated rings. The Morgan fingerprint density at radius 1 is 1.07 bits per heavy atom. The lowest BCUT2D eigenvalue weighted by atomic mass is 9.55. The molecule has 0 saturated heterocycles. The van der Waals surface area contributed by atoms with Crippen molar-refractivity contribution in [2.24, 2.45) is 23.2 Å². The van der Waals surface area contributed by atoms with Crippen molar-refractivity contribution in [3.63, 3.8) is 0 Å². The first kappa shape index (κ1) is 34.2. The van der Waals surface area contributed by atoms with Gasteiger partial charge in [-0.25, -0.2) is 4.79 Å². The summed E-state index contributed by atoms with van der Waals surface area (Å²) >= 11 is 1.32. The van der Waals surface area contributed by atoms with E-state index < -0.39 is 28.6 Å². The van der Waals surface area contributed by atoms with Crippen LogP contribution in [0.5, 0.6) is 5.75 Å². The Kier molecular flexibility index (Phi) is 11.1. The molecule has 5 N–H and O–H groups in total. The van der Waals surface area contributed by atoms with Crippen LogP contribution in [-0.4, -0.2) is 76.2 Å². The maximum atomic E-state index is 12.5. The van der Waals surface area contributed by atoms with Crippen molar-refractivity contribution in [2.45, 2.75) is 96.0 Å². The van der Waals surface area contributed by atoms with Gasteiger partial charge in [-0.1, -0.05) is 19.9 Å². The van der Waals surface area contributed by atoms with Crippen molar-refractivity contribution in [1.82, 2.24) is 16.0 Å². The molecule has 44 heavy (non-hydrogen) atoms. The number of benzene rings is 1. The van der Waals surface area contributed by atoms with Crippen molar-refractivity contribution in [3.8, 4) is 5.75 Å². The largest absolute Gasteiger partial charge is 0.425 e. The molecule has 0 radical (unpaired) electrons. The summed E-state index contributed by atoms with van der Waals surface area (Å²) in [4.78, 5) is 49.6. The zero-order chi connectivity index (χ0) is 32.2. The zero-order valence-electron chi connectivity index (χ0n) is 26.6. The number of amides is 3. The lowest BCUT2D eigenvalue weighted by molar-refractivity contribution is -0.135. The topological polar surface area (TPSA) is 154 Å². The summed E-state index contributed by atoms with van der Waals surface area (Å²) in [5.74, 6) is 0.331. The molecule has 0 spiro atoms. The molecule has 1 aromatic rings. The number of aliphatic hydroxyl groups is 2. The number of thioether (sulfide) groups is 1. The molecule has 0 bridgehead atoms. The molecule has 3 amide bonds. The number of rotatable bonds is 12. The highest BCUT2D eigenvalue weighted by Crippen LogP contribution is 2.60. The molecule has 3 aliphatic rings. The number of aryl methyl sites for hydroxylation is 1. The molecular formula is C33H49N3O7S. The Hall–Kier alpha value is -2.63. The predicted molar refractivity (Wildman–Crippen MR) is 169 cm³/mol. The first-order chi connectivity index (χ1) is 20.7. The van der Waals surface area contributed by atoms with Gasteiger partial charge < -0.3 is 30.9 Å². The molecule has 0 heterocycles. The third kappa shape index (κ3) is 7.95. The number of fused-ring (bicyclic) bond motifs is 5. The number of carbonyl (C=O) groups is 4. The minimum Gasteiger partial charge on any atom is -0.425 e. The molecule has 2 saturated carbocycles. The lowest BCUT2D eigenvalue weighted by Crippen LogP contribution is -2.44. The number of carbonyl (C=O) groups excluding carboxylic acids is 4. The van der Waals surface area contributed by atoms with Crippen LogP contribution in [0.4, 0.5) is 0 Å². The van der Waals surface area contributed by atoms with E-state index in [2.05, 4.69) is 28.9 Å². The predicted octanol–water partition coefficient (Wildman–Crippen LogP) is 2.69. The molecular weight excluding hydrogens is 582 g/mol. The third-order valence-corrected chi connectivity index (χ3v) is 11.6. The SMILES string of the molecule is CC(O)CNC(=O)C(C)(C)SCC(C)C(=O)NCC(=O)NCC(=O)Oc1ccc2c(c1)CC[C@@H]1C2CC[C@@]2(C)C1CC[C@@H]2O. The van der Waals surface area contributed by atoms with Gasteiger partial charge in [0.15, 0.2) is 0 Å². The van der Waals surface area contributed by atoms with E-state index in [1.54, 1.807) is 27.7 Å². The van der Waals surface area contributed by atoms with Crippen LogP contribution in [0.2, 0.25) is 0 Å². The van der Waals surface area contributed by atoms with E-state index >= 15 is 0 Å². The Bertz CT molecular complexity index is 1240. The highest BCUT2D eigenvalue weighted by atomic mass is 32.2. The summed E-state index contributed by atoms with van der Waals surface area (Å²) < 4.78 is 4.73. The maximum Gasteiger partial charge on any atom is 0.330 e. The zero-order valence-corrected chi connectivity index (χ0v) is 27.4. The molecule has 0 aliphatic heterocycles. The van der Waals surface area contributed by atoms with E-state index in [0.717, 1.165) is 38.5 Å². The summed E-state index contributed by atoms with van der Waals surface area (Å²) in [5.41, 5.74) is 2.58. The van der Waals surface area contributed by atoms with Crippen LogP contribution in [0.15, 0.2) is 18.2 Å². The lowest BCUT2D eigenvalue weighted by Gasteiger charge is -2.50. The minimum atomic E-state index is -0.792. The third-order valence-electron chi connectivity index (χ3n) is 9.98. The van der Waals surface area contributed by atoms with Gasteiger partial charge in [-0.3, -0.25) is 14.4 Å². The van der Waals surface area contributed by atoms with E-state index in [9.17, 15) is 29.4 Å². The average molecular weight is 632 g/mol. The van der Waals surface area contributed by atoms with Gasteiger partial charge in [0.05, 0.1) is 23.5 Å². The molecule has 3 aliphatic carbocycles. The fourth-order valence-corrected chi connectivity index (χ4v) is 8.29. The fourth-order valence-electron chi connectivity index (χ4n) is 7.26. The van der Waals surface area contributed by atoms with Crippen LogP contribution in [0, 0.1) is 23.2 Å². The van der Waals surface area contributed by atoms with Crippen molar-refractivity contribution >= 4 is 35.5 Å². The van der Waals surface area contributed by atoms with Crippen molar-refractivity contribution in [2.75, 3.05) is 25.4 Å². The average Bonchev–Trinajstić information content (AvgIpc) is 3.29. The Morgan fingerprint density at radius 3 is 2.55 bits per heavy atom. The fraction of sp³-hybridized carbons (Fsp3) is 0.697. The smallest absolute Gasteiger partial charge is 0.330 e. The van der Waals surface area contributed by atoms with Crippen LogP contribution < -0.4 is 20.7 Å². The van der Waals surface area contributed by atoms with Crippen LogP contribution in [-0.2, 0) is 25.6 Å². The van der Waals surface area contributed by atoms with Gasteiger partial charge >= 0.3 is 5.97 Å². The van der Waals surface area contributed by atoms with Crippen molar-refractivity contribution < 1.29 is 34.1 Å². The number of nitrogens with one attached hydrogen (secondary N) is 3. The van der Waals surface area contributed by atoms with Gasteiger partial charge in [-0.2, -0.15) is 0 Å². The number of aliphatic hydroxyl groups excluding tert-OH is 2. The Labute approximate surface area is 264 Å². The van der Waals surface area contributed by atoms with E-state index in [1.807, 2.05) is 12.1 Å². The summed E-state index contributed by atoms with van der Waals surface area (Å²) in [6.07, 6.45) is 5.28. The minimum absolute atomic E-state index is 0.0373. The highest BCUT2D eigenvalue weighted by Gasteiger charge is 2.54. The number of esters is 1. The van der Waals surface area contributed by atoms with Crippen LogP contribution >= 0.6 is 11.8 Å². The molecule has 4 rings (SSSR count). The first-order valence-corrected chi connectivity index (χ1v) is 16.9. The van der Waals surface area contributed by atoms with E-state index in [4.69, 9.17) is 4.74 Å². The second-order valence-electron chi connectivity index (χ2n) is 13.7. The number of hydrogen-bond donors (Lipinski definition) is 5. The molecule has 0 aromatic heterocycles. The van der Waals surface area contributed by atoms with Crippen LogP contribution in [0.3, 0.4) is 0 Å². The highest BCUT2D eigenvalue weighted by molar-refractivity contribution is 8.01. The van der Waals surface area contributed by atoms with Gasteiger partial charge in [0, 0.05) is 18.2 Å². The summed E-state index contributed by atoms with van der Waals surface area (Å²) in [6.45, 7) is 8.62. The molecule has 244 valence electrons. The molecule has 11 heteroatoms. The second kappa shape index (κ2) is 14.2. The standard InChI is InChI=1S/C33H49N3O7S/c1-19(18-44-32(3,4)31(42)36-15-20(2)37)30(41)35-16-28(39)34-17-29(40)43-22-7-9-23-21(14-22)6-8-25-24(23)12-13-33(5)26(25)10-11-27(33)38/h7,9,14,19-20,24-27,37-38H,6,8,10-13,15-18H2,1-5H3,(H,34,39)(H,35,41)(H,36,42)/t19?,20?,24?,25-,26?,27+,33+/m1/s1. The van der Waals surface area contributed by atoms with Crippen LogP contribution in [0.25, 0.3) is 0 Å². The maximum absolute atomic E-state index is 12.5. The number of ether oxygens (including phenoxy) is 1. The van der Waals surface area contributed by atoms with Crippen LogP contribution in [0.1, 0.15) is 83.8 Å². The summed E-state index contributed by atoms with van der Waals surface area (Å²) in [6, 6.07) is 5.86. The van der Waals surface area contributed by atoms with E-state index in [0.29, 0.717) is 29.3 Å². The normalized spacial score (nSPS) is 27.2. The monoisotopic (exact) mass is 631 g/mol.